The van der Waals surface area contributed by atoms with Crippen LogP contribution in [0, 0.1) is 6.92 Å². The van der Waals surface area contributed by atoms with E-state index in [4.69, 9.17) is 5.73 Å². The highest BCUT2D eigenvalue weighted by Crippen LogP contribution is 2.27. The molecular formula is C13H13N5. The Balaban J connectivity index is 2.16. The lowest BCUT2D eigenvalue weighted by atomic mass is 10.2. The molecule has 2 aromatic heterocycles. The summed E-state index contributed by atoms with van der Waals surface area (Å²) in [5.74, 6) is 0.650. The third-order valence-electron chi connectivity index (χ3n) is 2.94. The molecule has 3 aromatic rings. The summed E-state index contributed by atoms with van der Waals surface area (Å²) in [6.07, 6.45) is 3.55. The predicted molar refractivity (Wildman–Crippen MR) is 70.3 cm³/mol. The average Bonchev–Trinajstić information content (AvgIpc) is 3.01. The molecule has 0 unspecified atom stereocenters. The van der Waals surface area contributed by atoms with Crippen molar-refractivity contribution in [3.63, 3.8) is 0 Å². The number of nitrogens with one attached hydrogen (secondary N) is 1. The van der Waals surface area contributed by atoms with E-state index in [1.807, 2.05) is 43.5 Å². The second-order valence-corrected chi connectivity index (χ2v) is 4.09. The van der Waals surface area contributed by atoms with Crippen LogP contribution in [-0.2, 0) is 0 Å². The molecule has 0 radical (unpaired) electrons. The zero-order valence-electron chi connectivity index (χ0n) is 9.96. The van der Waals surface area contributed by atoms with E-state index in [-0.39, 0.29) is 0 Å². The molecule has 0 fully saturated rings. The van der Waals surface area contributed by atoms with E-state index in [9.17, 15) is 0 Å². The van der Waals surface area contributed by atoms with Crippen molar-refractivity contribution >= 4 is 5.82 Å². The molecule has 3 rings (SSSR count). The highest BCUT2D eigenvalue weighted by atomic mass is 15.3. The van der Waals surface area contributed by atoms with Gasteiger partial charge in [0.15, 0.2) is 0 Å². The van der Waals surface area contributed by atoms with Crippen LogP contribution in [0.5, 0.6) is 0 Å². The lowest BCUT2D eigenvalue weighted by molar-refractivity contribution is 0.895. The summed E-state index contributed by atoms with van der Waals surface area (Å²) in [7, 11) is 0. The molecule has 0 bridgehead atoms. The first-order valence-corrected chi connectivity index (χ1v) is 5.67. The van der Waals surface area contributed by atoms with Crippen molar-refractivity contribution in [2.45, 2.75) is 6.92 Å². The van der Waals surface area contributed by atoms with Crippen LogP contribution < -0.4 is 5.73 Å². The van der Waals surface area contributed by atoms with Gasteiger partial charge in [-0.3, -0.25) is 5.10 Å². The monoisotopic (exact) mass is 239 g/mol. The highest BCUT2D eigenvalue weighted by Gasteiger charge is 2.14. The van der Waals surface area contributed by atoms with Gasteiger partial charge in [-0.1, -0.05) is 18.2 Å². The lowest BCUT2D eigenvalue weighted by Gasteiger charge is -2.02. The van der Waals surface area contributed by atoms with Gasteiger partial charge in [-0.2, -0.15) is 10.2 Å². The number of hydrogen-bond donors (Lipinski definition) is 2. The number of nitrogens with zero attached hydrogens (tertiary/aromatic N) is 3. The Labute approximate surface area is 104 Å². The molecule has 1 aromatic carbocycles. The number of nitrogens with two attached hydrogens (primary N) is 1. The fourth-order valence-corrected chi connectivity index (χ4v) is 1.93. The largest absolute Gasteiger partial charge is 0.383 e. The minimum atomic E-state index is 0.650. The van der Waals surface area contributed by atoms with Gasteiger partial charge in [0.1, 0.15) is 11.5 Å². The highest BCUT2D eigenvalue weighted by molar-refractivity contribution is 5.68. The Morgan fingerprint density at radius 1 is 1.22 bits per heavy atom. The van der Waals surface area contributed by atoms with E-state index in [0.29, 0.717) is 5.82 Å². The van der Waals surface area contributed by atoms with Gasteiger partial charge in [0, 0.05) is 17.3 Å². The molecule has 2 heterocycles. The maximum absolute atomic E-state index is 6.11. The Bertz CT molecular complexity index is 652. The second-order valence-electron chi connectivity index (χ2n) is 4.09. The number of hydrogen-bond acceptors (Lipinski definition) is 3. The normalized spacial score (nSPS) is 10.7. The molecule has 5 nitrogen and oxygen atoms in total. The maximum atomic E-state index is 6.11. The fraction of sp³-hybridized carbons (Fsp3) is 0.0769. The first-order chi connectivity index (χ1) is 8.77. The van der Waals surface area contributed by atoms with E-state index in [1.165, 1.54) is 0 Å². The van der Waals surface area contributed by atoms with Gasteiger partial charge in [0.05, 0.1) is 11.9 Å². The van der Waals surface area contributed by atoms with Crippen molar-refractivity contribution in [1.29, 1.82) is 0 Å². The van der Waals surface area contributed by atoms with E-state index in [2.05, 4.69) is 15.3 Å². The predicted octanol–water partition coefficient (Wildman–Crippen LogP) is 2.15. The zero-order valence-corrected chi connectivity index (χ0v) is 9.96. The van der Waals surface area contributed by atoms with E-state index >= 15 is 0 Å². The summed E-state index contributed by atoms with van der Waals surface area (Å²) in [6.45, 7) is 1.96. The van der Waals surface area contributed by atoms with Crippen molar-refractivity contribution in [3.05, 3.63) is 48.3 Å². The molecule has 3 N–H and O–H groups in total. The number of anilines is 1. The van der Waals surface area contributed by atoms with Crippen LogP contribution in [0.4, 0.5) is 5.82 Å². The zero-order chi connectivity index (χ0) is 12.5. The smallest absolute Gasteiger partial charge is 0.130 e. The minimum absolute atomic E-state index is 0.650. The van der Waals surface area contributed by atoms with Crippen molar-refractivity contribution in [2.75, 3.05) is 5.73 Å². The lowest BCUT2D eigenvalue weighted by Crippen LogP contribution is -2.01. The Hall–Kier alpha value is -2.56. The van der Waals surface area contributed by atoms with E-state index in [0.717, 1.165) is 22.5 Å². The number of nitrogen functional groups attached to an aromatic ring is 1. The van der Waals surface area contributed by atoms with Crippen LogP contribution in [0.3, 0.4) is 0 Å². The summed E-state index contributed by atoms with van der Waals surface area (Å²) in [5, 5.41) is 11.3. The van der Waals surface area contributed by atoms with Gasteiger partial charge in [0.25, 0.3) is 0 Å². The molecule has 0 aliphatic carbocycles. The molecule has 0 saturated heterocycles. The van der Waals surface area contributed by atoms with Gasteiger partial charge in [-0.05, 0) is 19.1 Å². The van der Waals surface area contributed by atoms with Gasteiger partial charge in [-0.25, -0.2) is 4.68 Å². The molecule has 0 aliphatic heterocycles. The Kier molecular flexibility index (Phi) is 2.37. The fourth-order valence-electron chi connectivity index (χ4n) is 1.93. The van der Waals surface area contributed by atoms with Crippen LogP contribution in [0.2, 0.25) is 0 Å². The van der Waals surface area contributed by atoms with Crippen LogP contribution in [0.1, 0.15) is 5.56 Å². The average molecular weight is 239 g/mol. The first kappa shape index (κ1) is 10.6. The molecule has 0 amide bonds. The SMILES string of the molecule is Cc1c(-c2cn[nH]c2)nn(-c2ccccc2)c1N. The minimum Gasteiger partial charge on any atom is -0.383 e. The first-order valence-electron chi connectivity index (χ1n) is 5.67. The molecule has 0 saturated carbocycles. The molecular weight excluding hydrogens is 226 g/mol. The molecule has 0 spiro atoms. The van der Waals surface area contributed by atoms with Crippen LogP contribution >= 0.6 is 0 Å². The maximum Gasteiger partial charge on any atom is 0.130 e. The van der Waals surface area contributed by atoms with Crippen molar-refractivity contribution in [1.82, 2.24) is 20.0 Å². The molecule has 5 heteroatoms. The van der Waals surface area contributed by atoms with Gasteiger partial charge < -0.3 is 5.73 Å². The second kappa shape index (κ2) is 4.03. The Morgan fingerprint density at radius 3 is 2.67 bits per heavy atom. The third kappa shape index (κ3) is 1.57. The quantitative estimate of drug-likeness (QED) is 0.719. The number of H-pyrrole nitrogens is 1. The summed E-state index contributed by atoms with van der Waals surface area (Å²) in [4.78, 5) is 0. The molecule has 90 valence electrons. The molecule has 0 atom stereocenters. The number of aromatic nitrogens is 4. The third-order valence-corrected chi connectivity index (χ3v) is 2.94. The number of rotatable bonds is 2. The summed E-state index contributed by atoms with van der Waals surface area (Å²) < 4.78 is 1.75. The number of para-hydroxylation sites is 1. The molecule has 0 aliphatic rings. The van der Waals surface area contributed by atoms with Gasteiger partial charge in [0.2, 0.25) is 0 Å². The van der Waals surface area contributed by atoms with E-state index < -0.39 is 0 Å². The number of benzene rings is 1. The van der Waals surface area contributed by atoms with Crippen molar-refractivity contribution in [3.8, 4) is 16.9 Å². The summed E-state index contributed by atoms with van der Waals surface area (Å²) in [6, 6.07) is 9.84. The van der Waals surface area contributed by atoms with Crippen LogP contribution in [-0.4, -0.2) is 20.0 Å². The standard InChI is InChI=1S/C13H13N5/c1-9-12(10-7-15-16-8-10)17-18(13(9)14)11-5-3-2-4-6-11/h2-8H,14H2,1H3,(H,15,16). The summed E-state index contributed by atoms with van der Waals surface area (Å²) >= 11 is 0. The van der Waals surface area contributed by atoms with Gasteiger partial charge in [-0.15, -0.1) is 0 Å². The molecule has 18 heavy (non-hydrogen) atoms. The van der Waals surface area contributed by atoms with E-state index in [1.54, 1.807) is 10.9 Å². The van der Waals surface area contributed by atoms with Crippen LogP contribution in [0.25, 0.3) is 16.9 Å². The van der Waals surface area contributed by atoms with Gasteiger partial charge >= 0.3 is 0 Å². The Morgan fingerprint density at radius 2 is 2.00 bits per heavy atom. The van der Waals surface area contributed by atoms with Crippen LogP contribution in [0.15, 0.2) is 42.7 Å². The van der Waals surface area contributed by atoms with Crippen molar-refractivity contribution in [2.24, 2.45) is 0 Å². The summed E-state index contributed by atoms with van der Waals surface area (Å²) in [5.41, 5.74) is 9.81. The topological polar surface area (TPSA) is 72.5 Å². The number of aromatic amines is 1. The van der Waals surface area contributed by atoms with Crippen molar-refractivity contribution < 1.29 is 0 Å².